The summed E-state index contributed by atoms with van der Waals surface area (Å²) in [4.78, 5) is 45.9. The summed E-state index contributed by atoms with van der Waals surface area (Å²) in [7, 11) is -3.86. The summed E-state index contributed by atoms with van der Waals surface area (Å²) in [5.41, 5.74) is 2.44. The van der Waals surface area contributed by atoms with Crippen LogP contribution in [0.15, 0.2) is 73.1 Å². The lowest BCUT2D eigenvalue weighted by Crippen LogP contribution is -2.53. The van der Waals surface area contributed by atoms with Crippen LogP contribution in [0.3, 0.4) is 0 Å². The van der Waals surface area contributed by atoms with Gasteiger partial charge < -0.3 is 10.2 Å². The molecule has 3 unspecified atom stereocenters. The molecule has 2 aliphatic rings. The molecule has 2 aromatic carbocycles. The molecule has 2 fully saturated rings. The Labute approximate surface area is 251 Å². The van der Waals surface area contributed by atoms with Crippen LogP contribution < -0.4 is 5.32 Å². The molecule has 0 aliphatic carbocycles. The lowest BCUT2D eigenvalue weighted by molar-refractivity contribution is -0.138. The first-order chi connectivity index (χ1) is 20.3. The number of hydrogen-bond acceptors (Lipinski definition) is 6. The molecule has 2 amide bonds. The van der Waals surface area contributed by atoms with Gasteiger partial charge in [-0.3, -0.25) is 19.4 Å². The summed E-state index contributed by atoms with van der Waals surface area (Å²) in [6.07, 6.45) is 3.38. The second kappa shape index (κ2) is 12.0. The molecule has 0 saturated carbocycles. The number of benzene rings is 2. The van der Waals surface area contributed by atoms with Gasteiger partial charge in [-0.1, -0.05) is 51.1 Å². The number of likely N-dealkylation sites (tertiary alicyclic amines) is 1. The van der Waals surface area contributed by atoms with Crippen molar-refractivity contribution in [1.82, 2.24) is 19.5 Å². The second-order valence-corrected chi connectivity index (χ2v) is 14.1. The lowest BCUT2D eigenvalue weighted by atomic mass is 9.86. The second-order valence-electron chi connectivity index (χ2n) is 12.1. The van der Waals surface area contributed by atoms with Crippen LogP contribution in [0.5, 0.6) is 0 Å². The fraction of sp³-hybridized carbons (Fsp3) is 0.375. The largest absolute Gasteiger partial charge is 0.340 e. The number of nitrogens with zero attached hydrogens (tertiary/aromatic N) is 3. The van der Waals surface area contributed by atoms with Gasteiger partial charge in [0.25, 0.3) is 5.91 Å². The molecule has 2 saturated heterocycles. The third-order valence-corrected chi connectivity index (χ3v) is 9.87. The van der Waals surface area contributed by atoms with Gasteiger partial charge in [0.15, 0.2) is 5.78 Å². The number of nitrogens with one attached hydrogen (secondary N) is 1. The SMILES string of the molecule is CC(C)(C)c1ccc(C(=O)NC(Cc2ccc(F)cc2)C(=O)N2CCC3C2C(=O)CN3S(=O)(=O)Cc2cccnc2)cc1. The zero-order chi connectivity index (χ0) is 30.9. The highest BCUT2D eigenvalue weighted by atomic mass is 32.2. The highest BCUT2D eigenvalue weighted by Crippen LogP contribution is 2.33. The van der Waals surface area contributed by atoms with Crippen LogP contribution in [0.25, 0.3) is 0 Å². The van der Waals surface area contributed by atoms with Crippen molar-refractivity contribution in [3.63, 3.8) is 0 Å². The van der Waals surface area contributed by atoms with Gasteiger partial charge in [-0.15, -0.1) is 0 Å². The van der Waals surface area contributed by atoms with Crippen molar-refractivity contribution in [3.8, 4) is 0 Å². The Morgan fingerprint density at radius 3 is 2.37 bits per heavy atom. The van der Waals surface area contributed by atoms with Crippen molar-refractivity contribution in [2.75, 3.05) is 13.1 Å². The Kier molecular flexibility index (Phi) is 8.49. The summed E-state index contributed by atoms with van der Waals surface area (Å²) in [6.45, 7) is 6.04. The van der Waals surface area contributed by atoms with Crippen molar-refractivity contribution in [2.24, 2.45) is 0 Å². The first-order valence-electron chi connectivity index (χ1n) is 14.2. The number of rotatable bonds is 8. The van der Waals surface area contributed by atoms with Crippen molar-refractivity contribution < 1.29 is 27.2 Å². The zero-order valence-electron chi connectivity index (χ0n) is 24.4. The van der Waals surface area contributed by atoms with E-state index in [1.807, 2.05) is 12.1 Å². The summed E-state index contributed by atoms with van der Waals surface area (Å²) in [5.74, 6) is -2.05. The van der Waals surface area contributed by atoms with Crippen LogP contribution >= 0.6 is 0 Å². The first-order valence-corrected chi connectivity index (χ1v) is 15.8. The predicted molar refractivity (Wildman–Crippen MR) is 159 cm³/mol. The molecule has 3 aromatic rings. The molecule has 1 N–H and O–H groups in total. The predicted octanol–water partition coefficient (Wildman–Crippen LogP) is 3.24. The van der Waals surface area contributed by atoms with Gasteiger partial charge in [-0.25, -0.2) is 12.8 Å². The minimum absolute atomic E-state index is 0.0655. The third kappa shape index (κ3) is 6.67. The van der Waals surface area contributed by atoms with E-state index in [9.17, 15) is 27.2 Å². The Morgan fingerprint density at radius 2 is 1.74 bits per heavy atom. The standard InChI is InChI=1S/C32H35FN4O5S/c1-32(2,3)24-10-8-23(9-11-24)30(39)35-26(17-21-6-12-25(33)13-7-21)31(40)36-16-14-27-29(36)28(38)19-37(27)43(41,42)20-22-5-4-15-34-18-22/h4-13,15,18,26-27,29H,14,16-17,19-20H2,1-3H3,(H,35,39). The minimum Gasteiger partial charge on any atom is -0.340 e. The van der Waals surface area contributed by atoms with E-state index in [1.54, 1.807) is 42.6 Å². The van der Waals surface area contributed by atoms with Gasteiger partial charge in [0.1, 0.15) is 17.9 Å². The number of hydrogen-bond donors (Lipinski definition) is 1. The summed E-state index contributed by atoms with van der Waals surface area (Å²) >= 11 is 0. The molecule has 1 aromatic heterocycles. The number of pyridine rings is 1. The molecule has 3 heterocycles. The Bertz CT molecular complexity index is 1610. The third-order valence-electron chi connectivity index (χ3n) is 8.06. The van der Waals surface area contributed by atoms with Crippen molar-refractivity contribution >= 4 is 27.6 Å². The van der Waals surface area contributed by atoms with E-state index in [0.717, 1.165) is 5.56 Å². The first kappa shape index (κ1) is 30.5. The van der Waals surface area contributed by atoms with E-state index in [0.29, 0.717) is 23.1 Å². The van der Waals surface area contributed by atoms with Crippen LogP contribution in [0, 0.1) is 5.82 Å². The van der Waals surface area contributed by atoms with Crippen LogP contribution in [0.1, 0.15) is 54.2 Å². The maximum absolute atomic E-state index is 14.0. The van der Waals surface area contributed by atoms with Gasteiger partial charge in [-0.2, -0.15) is 4.31 Å². The molecule has 11 heteroatoms. The van der Waals surface area contributed by atoms with Crippen molar-refractivity contribution in [3.05, 3.63) is 101 Å². The Hall–Kier alpha value is -3.96. The Balaban J connectivity index is 1.37. The van der Waals surface area contributed by atoms with Gasteiger partial charge in [-0.05, 0) is 58.9 Å². The molecule has 0 spiro atoms. The number of halogens is 1. The summed E-state index contributed by atoms with van der Waals surface area (Å²) < 4.78 is 41.4. The van der Waals surface area contributed by atoms with Crippen molar-refractivity contribution in [2.45, 2.75) is 62.9 Å². The maximum Gasteiger partial charge on any atom is 0.251 e. The van der Waals surface area contributed by atoms with Gasteiger partial charge >= 0.3 is 0 Å². The zero-order valence-corrected chi connectivity index (χ0v) is 25.2. The quantitative estimate of drug-likeness (QED) is 0.421. The van der Waals surface area contributed by atoms with Crippen LogP contribution in [-0.2, 0) is 37.2 Å². The number of sulfonamides is 1. The van der Waals surface area contributed by atoms with Crippen molar-refractivity contribution in [1.29, 1.82) is 0 Å². The van der Waals surface area contributed by atoms with E-state index in [2.05, 4.69) is 31.1 Å². The molecule has 2 aliphatic heterocycles. The fourth-order valence-corrected chi connectivity index (χ4v) is 7.49. The van der Waals surface area contributed by atoms with Gasteiger partial charge in [0, 0.05) is 30.9 Å². The Morgan fingerprint density at radius 1 is 1.05 bits per heavy atom. The topological polar surface area (TPSA) is 117 Å². The number of carbonyl (C=O) groups excluding carboxylic acids is 3. The molecule has 226 valence electrons. The van der Waals surface area contributed by atoms with E-state index in [1.165, 1.54) is 27.5 Å². The fourth-order valence-electron chi connectivity index (χ4n) is 5.78. The number of carbonyl (C=O) groups is 3. The molecule has 3 atom stereocenters. The van der Waals surface area contributed by atoms with E-state index in [-0.39, 0.29) is 36.5 Å². The van der Waals surface area contributed by atoms with Crippen LogP contribution in [0.4, 0.5) is 4.39 Å². The normalized spacial score (nSPS) is 19.7. The van der Waals surface area contributed by atoms with Crippen LogP contribution in [0.2, 0.25) is 0 Å². The number of aromatic nitrogens is 1. The number of fused-ring (bicyclic) bond motifs is 1. The molecule has 9 nitrogen and oxygen atoms in total. The van der Waals surface area contributed by atoms with Gasteiger partial charge in [0.2, 0.25) is 15.9 Å². The molecular weight excluding hydrogens is 571 g/mol. The monoisotopic (exact) mass is 606 g/mol. The van der Waals surface area contributed by atoms with E-state index < -0.39 is 45.8 Å². The molecule has 5 rings (SSSR count). The number of ketones is 1. The van der Waals surface area contributed by atoms with E-state index in [4.69, 9.17) is 0 Å². The maximum atomic E-state index is 14.0. The summed E-state index contributed by atoms with van der Waals surface area (Å²) in [5, 5.41) is 2.83. The highest BCUT2D eigenvalue weighted by Gasteiger charge is 2.54. The van der Waals surface area contributed by atoms with E-state index >= 15 is 0 Å². The molecule has 0 radical (unpaired) electrons. The number of Topliss-reactive ketones (excluding diaryl/α,β-unsaturated/α-hetero) is 1. The summed E-state index contributed by atoms with van der Waals surface area (Å²) in [6, 6.07) is 13.4. The molecule has 0 bridgehead atoms. The lowest BCUT2D eigenvalue weighted by Gasteiger charge is -2.28. The highest BCUT2D eigenvalue weighted by molar-refractivity contribution is 7.88. The molecule has 43 heavy (non-hydrogen) atoms. The molecular formula is C32H35FN4O5S. The average molecular weight is 607 g/mol. The number of amides is 2. The average Bonchev–Trinajstić information content (AvgIpc) is 3.55. The van der Waals surface area contributed by atoms with Gasteiger partial charge in [0.05, 0.1) is 18.3 Å². The van der Waals surface area contributed by atoms with Crippen LogP contribution in [-0.4, -0.2) is 71.4 Å². The minimum atomic E-state index is -3.86. The smallest absolute Gasteiger partial charge is 0.251 e.